The maximum atomic E-state index is 12.7. The molecule has 0 atom stereocenters. The fraction of sp³-hybridized carbons (Fsp3) is 0.130. The van der Waals surface area contributed by atoms with E-state index < -0.39 is 11.9 Å². The molecule has 0 unspecified atom stereocenters. The zero-order valence-electron chi connectivity index (χ0n) is 16.9. The molecule has 0 aliphatic rings. The zero-order valence-corrected chi connectivity index (χ0v) is 18.5. The largest absolute Gasteiger partial charge is 0.493 e. The molecular formula is C23H20BrNO6. The van der Waals surface area contributed by atoms with E-state index in [9.17, 15) is 9.59 Å². The molecule has 0 bridgehead atoms. The van der Waals surface area contributed by atoms with Gasteiger partial charge in [-0.1, -0.05) is 40.2 Å². The van der Waals surface area contributed by atoms with E-state index >= 15 is 0 Å². The average Bonchev–Trinajstić information content (AvgIpc) is 2.78. The third-order valence-corrected chi connectivity index (χ3v) is 4.83. The minimum atomic E-state index is -0.654. The maximum Gasteiger partial charge on any atom is 0.343 e. The minimum Gasteiger partial charge on any atom is -0.493 e. The van der Waals surface area contributed by atoms with Gasteiger partial charge < -0.3 is 24.7 Å². The number of esters is 1. The van der Waals surface area contributed by atoms with E-state index in [1.807, 2.05) is 36.4 Å². The predicted molar refractivity (Wildman–Crippen MR) is 119 cm³/mol. The van der Waals surface area contributed by atoms with Crippen LogP contribution in [0.25, 0.3) is 11.1 Å². The van der Waals surface area contributed by atoms with E-state index in [1.165, 1.54) is 26.4 Å². The van der Waals surface area contributed by atoms with Crippen LogP contribution in [0.5, 0.6) is 23.0 Å². The van der Waals surface area contributed by atoms with Crippen LogP contribution < -0.4 is 24.7 Å². The quantitative estimate of drug-likeness (QED) is 0.379. The summed E-state index contributed by atoms with van der Waals surface area (Å²) in [5.41, 5.74) is 7.35. The van der Waals surface area contributed by atoms with E-state index in [0.717, 1.165) is 15.6 Å². The lowest BCUT2D eigenvalue weighted by atomic mass is 10.1. The molecule has 0 aromatic heterocycles. The summed E-state index contributed by atoms with van der Waals surface area (Å²) in [6.07, 6.45) is 0. The molecule has 0 heterocycles. The van der Waals surface area contributed by atoms with Crippen LogP contribution in [0.15, 0.2) is 65.1 Å². The fourth-order valence-electron chi connectivity index (χ4n) is 2.81. The summed E-state index contributed by atoms with van der Waals surface area (Å²) in [5, 5.41) is 0. The molecule has 2 N–H and O–H groups in total. The molecule has 0 saturated heterocycles. The number of benzene rings is 3. The Morgan fingerprint density at radius 1 is 0.871 bits per heavy atom. The highest BCUT2D eigenvalue weighted by atomic mass is 79.9. The molecule has 1 amide bonds. The number of hydrogen-bond donors (Lipinski definition) is 1. The van der Waals surface area contributed by atoms with Crippen molar-refractivity contribution in [1.29, 1.82) is 0 Å². The van der Waals surface area contributed by atoms with Gasteiger partial charge in [-0.15, -0.1) is 0 Å². The first-order chi connectivity index (χ1) is 14.9. The summed E-state index contributed by atoms with van der Waals surface area (Å²) >= 11 is 3.42. The molecule has 3 rings (SSSR count). The lowest BCUT2D eigenvalue weighted by Gasteiger charge is -2.15. The van der Waals surface area contributed by atoms with Crippen molar-refractivity contribution in [3.8, 4) is 34.1 Å². The Hall–Kier alpha value is -3.52. The summed E-state index contributed by atoms with van der Waals surface area (Å²) in [4.78, 5) is 23.7. The van der Waals surface area contributed by atoms with E-state index in [2.05, 4.69) is 15.9 Å². The summed E-state index contributed by atoms with van der Waals surface area (Å²) in [7, 11) is 2.81. The van der Waals surface area contributed by atoms with Crippen molar-refractivity contribution in [1.82, 2.24) is 0 Å². The number of carbonyl (C=O) groups is 2. The van der Waals surface area contributed by atoms with Crippen LogP contribution in [0.4, 0.5) is 0 Å². The first-order valence-corrected chi connectivity index (χ1v) is 9.96. The first-order valence-electron chi connectivity index (χ1n) is 9.16. The number of carbonyl (C=O) groups excluding carboxylic acids is 2. The Morgan fingerprint density at radius 2 is 1.39 bits per heavy atom. The normalized spacial score (nSPS) is 10.3. The molecule has 0 saturated carbocycles. The second-order valence-electron chi connectivity index (χ2n) is 6.39. The van der Waals surface area contributed by atoms with Crippen LogP contribution >= 0.6 is 15.9 Å². The van der Waals surface area contributed by atoms with E-state index in [1.54, 1.807) is 12.1 Å². The molecule has 31 heavy (non-hydrogen) atoms. The highest BCUT2D eigenvalue weighted by molar-refractivity contribution is 9.10. The summed E-state index contributed by atoms with van der Waals surface area (Å²) in [6, 6.07) is 18.0. The minimum absolute atomic E-state index is 0.166. The predicted octanol–water partition coefficient (Wildman–Crippen LogP) is 4.22. The lowest BCUT2D eigenvalue weighted by molar-refractivity contribution is -0.120. The number of methoxy groups -OCH3 is 2. The van der Waals surface area contributed by atoms with Gasteiger partial charge in [-0.2, -0.15) is 0 Å². The number of halogens is 1. The summed E-state index contributed by atoms with van der Waals surface area (Å²) in [5.74, 6) is -0.290. The van der Waals surface area contributed by atoms with Gasteiger partial charge in [0.05, 0.1) is 19.8 Å². The lowest BCUT2D eigenvalue weighted by Crippen LogP contribution is -2.20. The van der Waals surface area contributed by atoms with Gasteiger partial charge in [0.25, 0.3) is 5.91 Å². The number of ether oxygens (including phenoxy) is 4. The Bertz CT molecular complexity index is 1060. The molecule has 0 spiro atoms. The Balaban J connectivity index is 1.79. The van der Waals surface area contributed by atoms with Gasteiger partial charge in [-0.25, -0.2) is 4.79 Å². The molecule has 0 fully saturated rings. The highest BCUT2D eigenvalue weighted by Crippen LogP contribution is 2.39. The van der Waals surface area contributed by atoms with Crippen molar-refractivity contribution in [3.05, 3.63) is 70.7 Å². The van der Waals surface area contributed by atoms with Gasteiger partial charge in [0.2, 0.25) is 5.75 Å². The van der Waals surface area contributed by atoms with Crippen LogP contribution in [0.1, 0.15) is 10.4 Å². The van der Waals surface area contributed by atoms with Gasteiger partial charge in [0, 0.05) is 4.47 Å². The van der Waals surface area contributed by atoms with Crippen LogP contribution in [0.3, 0.4) is 0 Å². The Kier molecular flexibility index (Phi) is 7.15. The van der Waals surface area contributed by atoms with Gasteiger partial charge in [-0.3, -0.25) is 4.79 Å². The maximum absolute atomic E-state index is 12.7. The van der Waals surface area contributed by atoms with Gasteiger partial charge in [0.15, 0.2) is 18.1 Å². The topological polar surface area (TPSA) is 97.1 Å². The molecule has 0 aliphatic carbocycles. The average molecular weight is 486 g/mol. The molecule has 3 aromatic rings. The second kappa shape index (κ2) is 9.99. The molecular weight excluding hydrogens is 466 g/mol. The Labute approximate surface area is 187 Å². The molecule has 160 valence electrons. The van der Waals surface area contributed by atoms with Crippen molar-refractivity contribution < 1.29 is 28.5 Å². The van der Waals surface area contributed by atoms with Crippen LogP contribution in [-0.4, -0.2) is 32.7 Å². The van der Waals surface area contributed by atoms with Crippen molar-refractivity contribution >= 4 is 27.8 Å². The van der Waals surface area contributed by atoms with E-state index in [4.69, 9.17) is 24.7 Å². The molecule has 0 radical (unpaired) electrons. The van der Waals surface area contributed by atoms with Crippen molar-refractivity contribution in [2.24, 2.45) is 5.73 Å². The Morgan fingerprint density at radius 3 is 1.87 bits per heavy atom. The monoisotopic (exact) mass is 485 g/mol. The third kappa shape index (κ3) is 5.55. The number of amides is 1. The third-order valence-electron chi connectivity index (χ3n) is 4.30. The second-order valence-corrected chi connectivity index (χ2v) is 7.30. The number of rotatable bonds is 8. The van der Waals surface area contributed by atoms with E-state index in [-0.39, 0.29) is 29.4 Å². The summed E-state index contributed by atoms with van der Waals surface area (Å²) < 4.78 is 22.4. The van der Waals surface area contributed by atoms with Crippen LogP contribution in [-0.2, 0) is 4.79 Å². The smallest absolute Gasteiger partial charge is 0.343 e. The number of hydrogen-bond acceptors (Lipinski definition) is 6. The van der Waals surface area contributed by atoms with Gasteiger partial charge in [0.1, 0.15) is 5.75 Å². The van der Waals surface area contributed by atoms with Gasteiger partial charge >= 0.3 is 5.97 Å². The van der Waals surface area contributed by atoms with Gasteiger partial charge in [-0.05, 0) is 47.5 Å². The standard InChI is InChI=1S/C23H20BrNO6/c1-28-19-11-16(12-20(29-2)22(19)30-13-21(25)26)23(27)31-18-9-5-15(6-10-18)14-3-7-17(24)8-4-14/h3-12H,13H2,1-2H3,(H2,25,26). The molecule has 8 heteroatoms. The molecule has 3 aromatic carbocycles. The number of primary amides is 1. The van der Waals surface area contributed by atoms with Crippen molar-refractivity contribution in [2.75, 3.05) is 20.8 Å². The first kappa shape index (κ1) is 22.2. The highest BCUT2D eigenvalue weighted by Gasteiger charge is 2.19. The number of nitrogens with two attached hydrogens (primary N) is 1. The van der Waals surface area contributed by atoms with Crippen LogP contribution in [0.2, 0.25) is 0 Å². The molecule has 7 nitrogen and oxygen atoms in total. The zero-order chi connectivity index (χ0) is 22.4. The van der Waals surface area contributed by atoms with Crippen molar-refractivity contribution in [3.63, 3.8) is 0 Å². The fourth-order valence-corrected chi connectivity index (χ4v) is 3.07. The summed E-state index contributed by atoms with van der Waals surface area (Å²) in [6.45, 7) is -0.360. The van der Waals surface area contributed by atoms with Crippen LogP contribution in [0, 0.1) is 0 Å². The van der Waals surface area contributed by atoms with Crippen molar-refractivity contribution in [2.45, 2.75) is 0 Å². The van der Waals surface area contributed by atoms with E-state index in [0.29, 0.717) is 5.75 Å². The SMILES string of the molecule is COc1cc(C(=O)Oc2ccc(-c3ccc(Br)cc3)cc2)cc(OC)c1OCC(N)=O. The molecule has 0 aliphatic heterocycles.